The summed E-state index contributed by atoms with van der Waals surface area (Å²) in [7, 11) is 0.261. The van der Waals surface area contributed by atoms with Crippen LogP contribution in [0.5, 0.6) is 0 Å². The highest BCUT2D eigenvalue weighted by atomic mass is 35.7. The average molecular weight is 125 g/mol. The summed E-state index contributed by atoms with van der Waals surface area (Å²) >= 11 is 5.20. The topological polar surface area (TPSA) is 17.1 Å². The molecule has 0 aliphatic carbocycles. The van der Waals surface area contributed by atoms with Crippen molar-refractivity contribution in [2.45, 2.75) is 6.92 Å². The van der Waals surface area contributed by atoms with E-state index in [1.165, 1.54) is 6.92 Å². The van der Waals surface area contributed by atoms with Gasteiger partial charge in [0.15, 0.2) is 0 Å². The summed E-state index contributed by atoms with van der Waals surface area (Å²) in [6.07, 6.45) is 0.529. The Labute approximate surface area is 43.6 Å². The molecule has 0 N–H and O–H groups in total. The molecule has 0 aliphatic heterocycles. The van der Waals surface area contributed by atoms with E-state index in [1.807, 2.05) is 0 Å². The van der Waals surface area contributed by atoms with Crippen molar-refractivity contribution < 1.29 is 4.79 Å². The second kappa shape index (κ2) is 3.58. The predicted octanol–water partition coefficient (Wildman–Crippen LogP) is 1.41. The van der Waals surface area contributed by atoms with E-state index < -0.39 is 0 Å². The monoisotopic (exact) mass is 124 g/mol. The van der Waals surface area contributed by atoms with Crippen LogP contribution >= 0.6 is 19.2 Å². The molecule has 0 bridgehead atoms. The lowest BCUT2D eigenvalue weighted by Gasteiger charge is -1.79. The Kier molecular flexibility index (Phi) is 3.81. The highest BCUT2D eigenvalue weighted by Crippen LogP contribution is 2.13. The smallest absolute Gasteiger partial charge is 0.134 e. The molecule has 1 atom stereocenters. The molecule has 6 heavy (non-hydrogen) atoms. The van der Waals surface area contributed by atoms with Crippen LogP contribution in [0.25, 0.3) is 0 Å². The SMILES string of the molecule is CC(=O)CPCl. The lowest BCUT2D eigenvalue weighted by Crippen LogP contribution is -1.87. The molecule has 0 rings (SSSR count). The molecule has 1 unspecified atom stereocenters. The number of Topliss-reactive ketones (excluding diaryl/α,β-unsaturated/α-hetero) is 1. The van der Waals surface area contributed by atoms with Crippen LogP contribution in [0, 0.1) is 0 Å². The number of carbonyl (C=O) groups excluding carboxylic acids is 1. The minimum Gasteiger partial charge on any atom is -0.300 e. The fourth-order valence-corrected chi connectivity index (χ4v) is 0.847. The fraction of sp³-hybridized carbons (Fsp3) is 0.667. The first-order valence-electron chi connectivity index (χ1n) is 1.60. The second-order valence-corrected chi connectivity index (χ2v) is 2.44. The van der Waals surface area contributed by atoms with E-state index in [4.69, 9.17) is 11.2 Å². The zero-order valence-electron chi connectivity index (χ0n) is 3.49. The van der Waals surface area contributed by atoms with Gasteiger partial charge in [-0.3, -0.25) is 4.79 Å². The Morgan fingerprint density at radius 1 is 2.00 bits per heavy atom. The van der Waals surface area contributed by atoms with E-state index in [1.54, 1.807) is 0 Å². The van der Waals surface area contributed by atoms with Crippen LogP contribution in [-0.2, 0) is 4.79 Å². The fourth-order valence-electron chi connectivity index (χ4n) is 0.0941. The molecule has 0 aromatic rings. The molecule has 0 aromatic heterocycles. The van der Waals surface area contributed by atoms with Crippen LogP contribution < -0.4 is 0 Å². The Balaban J connectivity index is 2.83. The van der Waals surface area contributed by atoms with Gasteiger partial charge in [-0.2, -0.15) is 0 Å². The van der Waals surface area contributed by atoms with Crippen molar-refractivity contribution in [2.24, 2.45) is 0 Å². The van der Waals surface area contributed by atoms with Crippen LogP contribution in [0.3, 0.4) is 0 Å². The highest BCUT2D eigenvalue weighted by Gasteiger charge is 1.85. The van der Waals surface area contributed by atoms with Gasteiger partial charge in [0.2, 0.25) is 0 Å². The quantitative estimate of drug-likeness (QED) is 0.509. The molecule has 3 heteroatoms. The Morgan fingerprint density at radius 2 is 2.50 bits per heavy atom. The average Bonchev–Trinajstić information content (AvgIpc) is 1.35. The van der Waals surface area contributed by atoms with Gasteiger partial charge in [0.1, 0.15) is 5.78 Å². The summed E-state index contributed by atoms with van der Waals surface area (Å²) in [5, 5.41) is 0. The third-order valence-corrected chi connectivity index (χ3v) is 1.35. The summed E-state index contributed by atoms with van der Waals surface area (Å²) in [6.45, 7) is 1.54. The van der Waals surface area contributed by atoms with Gasteiger partial charge in [0.25, 0.3) is 0 Å². The Morgan fingerprint density at radius 3 is 2.50 bits per heavy atom. The zero-order valence-corrected chi connectivity index (χ0v) is 5.25. The van der Waals surface area contributed by atoms with Gasteiger partial charge in [-0.1, -0.05) is 11.2 Å². The molecule has 0 aliphatic rings. The molecule has 0 fully saturated rings. The van der Waals surface area contributed by atoms with E-state index in [-0.39, 0.29) is 13.7 Å². The number of halogens is 1. The number of rotatable bonds is 2. The molecule has 0 aromatic carbocycles. The predicted molar refractivity (Wildman–Crippen MR) is 29.7 cm³/mol. The van der Waals surface area contributed by atoms with Crippen LogP contribution in [-0.4, -0.2) is 11.9 Å². The molecule has 0 radical (unpaired) electrons. The number of ketones is 1. The molecule has 0 saturated heterocycles. The maximum absolute atomic E-state index is 9.97. The molecule has 0 spiro atoms. The number of hydrogen-bond acceptors (Lipinski definition) is 1. The Bertz CT molecular complexity index is 54.8. The van der Waals surface area contributed by atoms with Crippen molar-refractivity contribution in [3.8, 4) is 0 Å². The lowest BCUT2D eigenvalue weighted by atomic mass is 10.5. The molecule has 0 saturated carbocycles. The first-order valence-corrected chi connectivity index (χ1v) is 3.82. The van der Waals surface area contributed by atoms with Crippen molar-refractivity contribution in [2.75, 3.05) is 6.16 Å². The van der Waals surface area contributed by atoms with Gasteiger partial charge in [-0.15, -0.1) is 0 Å². The standard InChI is InChI=1S/C3H6ClOP/c1-3(5)2-6-4/h6H,2H2,1H3. The molecule has 36 valence electrons. The third-order valence-electron chi connectivity index (χ3n) is 0.316. The first-order chi connectivity index (χ1) is 2.77. The van der Waals surface area contributed by atoms with E-state index >= 15 is 0 Å². The molecule has 1 nitrogen and oxygen atoms in total. The maximum Gasteiger partial charge on any atom is 0.134 e. The summed E-state index contributed by atoms with van der Waals surface area (Å²) in [6, 6.07) is 0. The Hall–Kier alpha value is 0.390. The van der Waals surface area contributed by atoms with Crippen molar-refractivity contribution >= 4 is 25.0 Å². The van der Waals surface area contributed by atoms with Crippen LogP contribution in [0.4, 0.5) is 0 Å². The van der Waals surface area contributed by atoms with Gasteiger partial charge in [0.05, 0.1) is 0 Å². The van der Waals surface area contributed by atoms with Gasteiger partial charge in [0, 0.05) is 6.16 Å². The molecule has 0 heterocycles. The second-order valence-electron chi connectivity index (χ2n) is 1.01. The molecular weight excluding hydrogens is 118 g/mol. The van der Waals surface area contributed by atoms with Crippen molar-refractivity contribution in [1.29, 1.82) is 0 Å². The zero-order chi connectivity index (χ0) is 4.99. The van der Waals surface area contributed by atoms with E-state index in [9.17, 15) is 4.79 Å². The number of carbonyl (C=O) groups is 1. The van der Waals surface area contributed by atoms with Crippen molar-refractivity contribution in [1.82, 2.24) is 0 Å². The van der Waals surface area contributed by atoms with E-state index in [0.717, 1.165) is 0 Å². The van der Waals surface area contributed by atoms with E-state index in [0.29, 0.717) is 6.16 Å². The van der Waals surface area contributed by atoms with Gasteiger partial charge in [-0.05, 0) is 14.9 Å². The lowest BCUT2D eigenvalue weighted by molar-refractivity contribution is -0.114. The van der Waals surface area contributed by atoms with Crippen LogP contribution in [0.2, 0.25) is 0 Å². The largest absolute Gasteiger partial charge is 0.300 e. The summed E-state index contributed by atoms with van der Waals surface area (Å²) in [4.78, 5) is 9.97. The number of hydrogen-bond donors (Lipinski definition) is 0. The normalized spacial score (nSPS) is 10.3. The van der Waals surface area contributed by atoms with E-state index in [2.05, 4.69) is 0 Å². The van der Waals surface area contributed by atoms with Crippen molar-refractivity contribution in [3.05, 3.63) is 0 Å². The summed E-state index contributed by atoms with van der Waals surface area (Å²) in [5.74, 6) is 0.170. The highest BCUT2D eigenvalue weighted by molar-refractivity contribution is 7.69. The maximum atomic E-state index is 9.97. The minimum absolute atomic E-state index is 0.170. The van der Waals surface area contributed by atoms with Crippen LogP contribution in [0.15, 0.2) is 0 Å². The summed E-state index contributed by atoms with van der Waals surface area (Å²) < 4.78 is 0. The molecule has 0 amide bonds. The molecular formula is C3H6ClOP. The van der Waals surface area contributed by atoms with Crippen molar-refractivity contribution in [3.63, 3.8) is 0 Å². The third kappa shape index (κ3) is 4.39. The minimum atomic E-state index is 0.170. The first kappa shape index (κ1) is 6.39. The van der Waals surface area contributed by atoms with Crippen LogP contribution in [0.1, 0.15) is 6.92 Å². The van der Waals surface area contributed by atoms with Gasteiger partial charge in [-0.25, -0.2) is 0 Å². The van der Waals surface area contributed by atoms with Gasteiger partial charge >= 0.3 is 0 Å². The summed E-state index contributed by atoms with van der Waals surface area (Å²) in [5.41, 5.74) is 0. The van der Waals surface area contributed by atoms with Gasteiger partial charge < -0.3 is 0 Å².